The number of rotatable bonds is 7. The monoisotopic (exact) mass is 443 g/mol. The molecule has 4 fully saturated rings. The van der Waals surface area contributed by atoms with Crippen LogP contribution in [-0.4, -0.2) is 49.9 Å². The fourth-order valence-corrected chi connectivity index (χ4v) is 6.26. The van der Waals surface area contributed by atoms with Crippen molar-refractivity contribution in [3.05, 3.63) is 17.8 Å². The van der Waals surface area contributed by atoms with Gasteiger partial charge in [0.1, 0.15) is 11.4 Å². The van der Waals surface area contributed by atoms with E-state index in [9.17, 15) is 14.7 Å². The van der Waals surface area contributed by atoms with Crippen molar-refractivity contribution in [2.75, 3.05) is 5.32 Å². The molecule has 176 valence electrons. The lowest BCUT2D eigenvalue weighted by Crippen LogP contribution is -2.61. The van der Waals surface area contributed by atoms with Crippen molar-refractivity contribution in [1.29, 1.82) is 0 Å². The van der Waals surface area contributed by atoms with Crippen molar-refractivity contribution in [2.45, 2.75) is 89.9 Å². The number of aliphatic hydroxyl groups is 1. The Bertz CT molecular complexity index is 903. The first-order valence-electron chi connectivity index (χ1n) is 11.8. The van der Waals surface area contributed by atoms with Crippen LogP contribution in [0.4, 0.5) is 5.82 Å². The van der Waals surface area contributed by atoms with Gasteiger partial charge in [0.25, 0.3) is 5.91 Å². The van der Waals surface area contributed by atoms with Crippen LogP contribution >= 0.6 is 0 Å². The molecule has 8 nitrogen and oxygen atoms in total. The van der Waals surface area contributed by atoms with Crippen LogP contribution in [0, 0.1) is 17.8 Å². The van der Waals surface area contributed by atoms with Gasteiger partial charge in [-0.2, -0.15) is 5.10 Å². The molecular formula is C24H37N5O3. The van der Waals surface area contributed by atoms with E-state index in [2.05, 4.69) is 21.0 Å². The lowest BCUT2D eigenvalue weighted by molar-refractivity contribution is -0.136. The summed E-state index contributed by atoms with van der Waals surface area (Å²) < 4.78 is 1.65. The first-order chi connectivity index (χ1) is 14.9. The molecule has 1 aromatic heterocycles. The molecule has 4 aliphatic rings. The molecule has 0 aromatic carbocycles. The molecule has 2 amide bonds. The molecule has 2 unspecified atom stereocenters. The second kappa shape index (κ2) is 8.21. The Balaban J connectivity index is 1.53. The summed E-state index contributed by atoms with van der Waals surface area (Å²) in [7, 11) is 0. The van der Waals surface area contributed by atoms with Crippen LogP contribution in [0.5, 0.6) is 0 Å². The third kappa shape index (κ3) is 4.70. The minimum atomic E-state index is -0.546. The van der Waals surface area contributed by atoms with Gasteiger partial charge in [-0.25, -0.2) is 4.68 Å². The number of amides is 2. The van der Waals surface area contributed by atoms with Gasteiger partial charge in [-0.15, -0.1) is 0 Å². The van der Waals surface area contributed by atoms with E-state index >= 15 is 0 Å². The molecule has 32 heavy (non-hydrogen) atoms. The van der Waals surface area contributed by atoms with E-state index in [1.54, 1.807) is 17.1 Å². The summed E-state index contributed by atoms with van der Waals surface area (Å²) in [4.78, 5) is 24.8. The van der Waals surface area contributed by atoms with Crippen LogP contribution in [0.2, 0.25) is 0 Å². The van der Waals surface area contributed by atoms with Gasteiger partial charge >= 0.3 is 0 Å². The molecule has 4 saturated carbocycles. The van der Waals surface area contributed by atoms with E-state index in [1.807, 2.05) is 33.8 Å². The number of hydrogen-bond donors (Lipinski definition) is 4. The van der Waals surface area contributed by atoms with Crippen molar-refractivity contribution >= 4 is 23.8 Å². The van der Waals surface area contributed by atoms with Crippen molar-refractivity contribution in [3.63, 3.8) is 0 Å². The molecule has 4 N–H and O–H groups in total. The molecule has 0 radical (unpaired) electrons. The Labute approximate surface area is 190 Å². The Morgan fingerprint density at radius 3 is 2.47 bits per heavy atom. The van der Waals surface area contributed by atoms with E-state index in [-0.39, 0.29) is 23.9 Å². The van der Waals surface area contributed by atoms with Crippen LogP contribution in [-0.2, 0) is 4.79 Å². The highest BCUT2D eigenvalue weighted by Crippen LogP contribution is 2.55. The van der Waals surface area contributed by atoms with E-state index in [4.69, 9.17) is 0 Å². The Morgan fingerprint density at radius 1 is 1.25 bits per heavy atom. The molecule has 0 saturated heterocycles. The van der Waals surface area contributed by atoms with Crippen molar-refractivity contribution in [3.8, 4) is 0 Å². The van der Waals surface area contributed by atoms with E-state index in [1.165, 1.54) is 6.92 Å². The van der Waals surface area contributed by atoms with Crippen LogP contribution in [0.15, 0.2) is 12.3 Å². The lowest BCUT2D eigenvalue weighted by Gasteiger charge is -2.58. The van der Waals surface area contributed by atoms with Gasteiger partial charge in [-0.05, 0) is 83.6 Å². The third-order valence-corrected chi connectivity index (χ3v) is 7.13. The van der Waals surface area contributed by atoms with Crippen LogP contribution in [0.3, 0.4) is 0 Å². The number of nitrogens with zero attached hydrogens (tertiary/aromatic N) is 2. The number of carbonyl (C=O) groups excluding carboxylic acids is 2. The molecule has 2 atom stereocenters. The van der Waals surface area contributed by atoms with Gasteiger partial charge in [-0.1, -0.05) is 0 Å². The van der Waals surface area contributed by atoms with Gasteiger partial charge in [0.2, 0.25) is 5.91 Å². The molecule has 4 bridgehead atoms. The second-order valence-corrected chi connectivity index (χ2v) is 11.1. The molecule has 8 heteroatoms. The predicted molar refractivity (Wildman–Crippen MR) is 124 cm³/mol. The number of nitrogens with one attached hydrogen (secondary N) is 3. The number of hydrogen-bond acceptors (Lipinski definition) is 5. The first kappa shape index (κ1) is 22.8. The molecule has 1 aromatic rings. The summed E-state index contributed by atoms with van der Waals surface area (Å²) in [5.41, 5.74) is -0.553. The lowest BCUT2D eigenvalue weighted by atomic mass is 9.52. The van der Waals surface area contributed by atoms with E-state index < -0.39 is 11.1 Å². The molecule has 1 heterocycles. The predicted octanol–water partition coefficient (Wildman–Crippen LogP) is 2.76. The fraction of sp³-hybridized carbons (Fsp3) is 0.708. The van der Waals surface area contributed by atoms with Crippen LogP contribution in [0.25, 0.3) is 6.20 Å². The maximum Gasteiger partial charge on any atom is 0.256 e. The van der Waals surface area contributed by atoms with Crippen molar-refractivity contribution < 1.29 is 14.7 Å². The molecule has 5 rings (SSSR count). The average Bonchev–Trinajstić information content (AvgIpc) is 3.02. The molecule has 0 spiro atoms. The summed E-state index contributed by atoms with van der Waals surface area (Å²) in [6.07, 6.45) is 9.94. The van der Waals surface area contributed by atoms with Gasteiger partial charge in [0.15, 0.2) is 0 Å². The zero-order chi connectivity index (χ0) is 23.3. The minimum absolute atomic E-state index is 0.110. The number of carbonyl (C=O) groups is 2. The average molecular weight is 444 g/mol. The highest BCUT2D eigenvalue weighted by molar-refractivity contribution is 5.99. The summed E-state index contributed by atoms with van der Waals surface area (Å²) in [6, 6.07) is 0.230. The van der Waals surface area contributed by atoms with Crippen molar-refractivity contribution in [1.82, 2.24) is 20.4 Å². The van der Waals surface area contributed by atoms with Gasteiger partial charge in [0, 0.05) is 25.2 Å². The van der Waals surface area contributed by atoms with Crippen LogP contribution in [0.1, 0.15) is 77.1 Å². The summed E-state index contributed by atoms with van der Waals surface area (Å²) in [5.74, 6) is 1.70. The maximum atomic E-state index is 13.3. The Hall–Kier alpha value is -2.35. The highest BCUT2D eigenvalue weighted by atomic mass is 16.3. The number of aromatic nitrogens is 2. The molecule has 0 aliphatic heterocycles. The normalized spacial score (nSPS) is 31.3. The van der Waals surface area contributed by atoms with Gasteiger partial charge < -0.3 is 21.1 Å². The topological polar surface area (TPSA) is 108 Å². The maximum absolute atomic E-state index is 13.3. The largest absolute Gasteiger partial charge is 0.390 e. The standard InChI is InChI=1S/C24H37N5O3/c1-14(2)26-21-19(13-25-29(21)7-6-23(4,5)28-15(3)30)22(31)27-20-17-8-16-9-18(20)12-24(32,10-16)11-17/h6-7,13-14,16-18,20,26,32H,8-12H2,1-5H3,(H,27,31)(H,28,30). The van der Waals surface area contributed by atoms with E-state index in [0.717, 1.165) is 32.1 Å². The molecular weight excluding hydrogens is 406 g/mol. The second-order valence-electron chi connectivity index (χ2n) is 11.1. The smallest absolute Gasteiger partial charge is 0.256 e. The first-order valence-corrected chi connectivity index (χ1v) is 11.8. The van der Waals surface area contributed by atoms with Crippen LogP contribution < -0.4 is 16.0 Å². The highest BCUT2D eigenvalue weighted by Gasteiger charge is 2.55. The quantitative estimate of drug-likeness (QED) is 0.518. The van der Waals surface area contributed by atoms with Gasteiger partial charge in [-0.3, -0.25) is 9.59 Å². The SMILES string of the molecule is CC(=O)NC(C)(C)C=Cn1ncc(C(=O)NC2C3CC4CC2CC(O)(C4)C3)c1NC(C)C. The Morgan fingerprint density at radius 2 is 1.91 bits per heavy atom. The fourth-order valence-electron chi connectivity index (χ4n) is 6.26. The molecule has 4 aliphatic carbocycles. The summed E-state index contributed by atoms with van der Waals surface area (Å²) in [5, 5.41) is 24.8. The van der Waals surface area contributed by atoms with Crippen molar-refractivity contribution in [2.24, 2.45) is 17.8 Å². The van der Waals surface area contributed by atoms with Gasteiger partial charge in [0.05, 0.1) is 17.3 Å². The van der Waals surface area contributed by atoms with E-state index in [0.29, 0.717) is 29.1 Å². The summed E-state index contributed by atoms with van der Waals surface area (Å²) >= 11 is 0. The zero-order valence-corrected chi connectivity index (χ0v) is 19.8. The third-order valence-electron chi connectivity index (χ3n) is 7.13. The Kier molecular flexibility index (Phi) is 5.86. The summed E-state index contributed by atoms with van der Waals surface area (Å²) in [6.45, 7) is 9.32. The minimum Gasteiger partial charge on any atom is -0.390 e. The zero-order valence-electron chi connectivity index (χ0n) is 19.8. The number of anilines is 1.